The number of thioether (sulfide) groups is 1. The summed E-state index contributed by atoms with van der Waals surface area (Å²) < 4.78 is 0. The summed E-state index contributed by atoms with van der Waals surface area (Å²) in [6, 6.07) is 0.354. The summed E-state index contributed by atoms with van der Waals surface area (Å²) in [5, 5.41) is 2.87. The number of hydrogen-bond acceptors (Lipinski definition) is 2. The van der Waals surface area contributed by atoms with E-state index in [2.05, 4.69) is 12.2 Å². The van der Waals surface area contributed by atoms with Crippen molar-refractivity contribution in [3.63, 3.8) is 0 Å². The lowest BCUT2D eigenvalue weighted by Gasteiger charge is -2.13. The van der Waals surface area contributed by atoms with Gasteiger partial charge >= 0.3 is 0 Å². The lowest BCUT2D eigenvalue weighted by Crippen LogP contribution is -2.34. The Kier molecular flexibility index (Phi) is 5.49. The molecule has 0 aromatic heterocycles. The lowest BCUT2D eigenvalue weighted by atomic mass is 10.2. The number of amides is 1. The zero-order valence-electron chi connectivity index (χ0n) is 6.81. The number of hydrogen-bond donors (Lipinski definition) is 1. The summed E-state index contributed by atoms with van der Waals surface area (Å²) in [7, 11) is 0. The molecule has 1 unspecified atom stereocenters. The molecule has 0 saturated heterocycles. The monoisotopic (exact) mass is 161 g/mol. The van der Waals surface area contributed by atoms with Crippen molar-refractivity contribution >= 4 is 17.7 Å². The molecule has 0 heterocycles. The van der Waals surface area contributed by atoms with Crippen LogP contribution in [0.4, 0.5) is 0 Å². The maximum atomic E-state index is 10.6. The van der Waals surface area contributed by atoms with Gasteiger partial charge in [0.1, 0.15) is 0 Å². The molecular weight excluding hydrogens is 146 g/mol. The fourth-order valence-electron chi connectivity index (χ4n) is 0.750. The third kappa shape index (κ3) is 4.68. The SMILES string of the molecule is CCC(CSC)NC(C)=O. The Bertz CT molecular complexity index is 106. The van der Waals surface area contributed by atoms with Gasteiger partial charge in [-0.05, 0) is 12.7 Å². The molecule has 0 saturated carbocycles. The van der Waals surface area contributed by atoms with Gasteiger partial charge in [-0.3, -0.25) is 4.79 Å². The van der Waals surface area contributed by atoms with E-state index in [1.165, 1.54) is 0 Å². The summed E-state index contributed by atoms with van der Waals surface area (Å²) in [4.78, 5) is 10.6. The molecule has 1 atom stereocenters. The van der Waals surface area contributed by atoms with Crippen LogP contribution in [0.15, 0.2) is 0 Å². The summed E-state index contributed by atoms with van der Waals surface area (Å²) in [5.74, 6) is 1.08. The minimum absolute atomic E-state index is 0.0703. The highest BCUT2D eigenvalue weighted by Crippen LogP contribution is 2.00. The van der Waals surface area contributed by atoms with Crippen LogP contribution in [0.25, 0.3) is 0 Å². The highest BCUT2D eigenvalue weighted by molar-refractivity contribution is 7.98. The molecule has 60 valence electrons. The summed E-state index contributed by atoms with van der Waals surface area (Å²) in [6.45, 7) is 3.64. The fraction of sp³-hybridized carbons (Fsp3) is 0.857. The maximum absolute atomic E-state index is 10.6. The van der Waals surface area contributed by atoms with Crippen LogP contribution < -0.4 is 5.32 Å². The first-order valence-electron chi connectivity index (χ1n) is 3.46. The van der Waals surface area contributed by atoms with Crippen molar-refractivity contribution in [1.82, 2.24) is 5.32 Å². The van der Waals surface area contributed by atoms with E-state index < -0.39 is 0 Å². The third-order valence-electron chi connectivity index (χ3n) is 1.27. The zero-order chi connectivity index (χ0) is 7.98. The maximum Gasteiger partial charge on any atom is 0.217 e. The van der Waals surface area contributed by atoms with Gasteiger partial charge in [0.15, 0.2) is 0 Å². The minimum Gasteiger partial charge on any atom is -0.353 e. The molecule has 3 heteroatoms. The Hall–Kier alpha value is -0.180. The molecule has 10 heavy (non-hydrogen) atoms. The highest BCUT2D eigenvalue weighted by atomic mass is 32.2. The Morgan fingerprint density at radius 3 is 2.60 bits per heavy atom. The standard InChI is InChI=1S/C7H15NOS/c1-4-7(5-10-3)8-6(2)9/h7H,4-5H2,1-3H3,(H,8,9). The van der Waals surface area contributed by atoms with Crippen molar-refractivity contribution < 1.29 is 4.79 Å². The third-order valence-corrected chi connectivity index (χ3v) is 2.00. The van der Waals surface area contributed by atoms with E-state index in [9.17, 15) is 4.79 Å². The first kappa shape index (κ1) is 9.82. The van der Waals surface area contributed by atoms with Gasteiger partial charge in [0.2, 0.25) is 5.91 Å². The van der Waals surface area contributed by atoms with E-state index in [-0.39, 0.29) is 5.91 Å². The minimum atomic E-state index is 0.0703. The number of carbonyl (C=O) groups is 1. The summed E-state index contributed by atoms with van der Waals surface area (Å²) in [5.41, 5.74) is 0. The second kappa shape index (κ2) is 5.59. The van der Waals surface area contributed by atoms with Crippen LogP contribution in [-0.4, -0.2) is 24.0 Å². The van der Waals surface area contributed by atoms with Crippen molar-refractivity contribution in [3.8, 4) is 0 Å². The molecule has 0 rings (SSSR count). The second-order valence-electron chi connectivity index (χ2n) is 2.26. The van der Waals surface area contributed by atoms with Crippen molar-refractivity contribution in [3.05, 3.63) is 0 Å². The fourth-order valence-corrected chi connectivity index (χ4v) is 1.47. The van der Waals surface area contributed by atoms with Crippen LogP contribution in [0.2, 0.25) is 0 Å². The van der Waals surface area contributed by atoms with Gasteiger partial charge in [0, 0.05) is 18.7 Å². The number of nitrogens with one attached hydrogen (secondary N) is 1. The normalized spacial score (nSPS) is 12.7. The molecule has 0 aliphatic carbocycles. The van der Waals surface area contributed by atoms with E-state index >= 15 is 0 Å². The van der Waals surface area contributed by atoms with E-state index in [1.807, 2.05) is 6.26 Å². The molecule has 0 spiro atoms. The molecule has 0 aliphatic rings. The summed E-state index contributed by atoms with van der Waals surface area (Å²) >= 11 is 1.76. The second-order valence-corrected chi connectivity index (χ2v) is 3.17. The quantitative estimate of drug-likeness (QED) is 0.672. The molecular formula is C7H15NOS. The van der Waals surface area contributed by atoms with Crippen LogP contribution in [-0.2, 0) is 4.79 Å². The Balaban J connectivity index is 3.49. The molecule has 0 fully saturated rings. The number of carbonyl (C=O) groups excluding carboxylic acids is 1. The Labute approximate surface area is 66.8 Å². The van der Waals surface area contributed by atoms with Crippen molar-refractivity contribution in [2.45, 2.75) is 26.3 Å². The molecule has 1 N–H and O–H groups in total. The van der Waals surface area contributed by atoms with Crippen molar-refractivity contribution in [1.29, 1.82) is 0 Å². The van der Waals surface area contributed by atoms with Gasteiger partial charge in [-0.15, -0.1) is 0 Å². The number of rotatable bonds is 4. The predicted octanol–water partition coefficient (Wildman–Crippen LogP) is 1.26. The van der Waals surface area contributed by atoms with Gasteiger partial charge in [0.25, 0.3) is 0 Å². The van der Waals surface area contributed by atoms with Gasteiger partial charge in [0.05, 0.1) is 0 Å². The molecule has 2 nitrogen and oxygen atoms in total. The molecule has 0 aliphatic heterocycles. The van der Waals surface area contributed by atoms with Gasteiger partial charge in [-0.25, -0.2) is 0 Å². The molecule has 1 amide bonds. The molecule has 0 radical (unpaired) electrons. The lowest BCUT2D eigenvalue weighted by molar-refractivity contribution is -0.119. The van der Waals surface area contributed by atoms with Crippen LogP contribution >= 0.6 is 11.8 Å². The Morgan fingerprint density at radius 2 is 2.30 bits per heavy atom. The van der Waals surface area contributed by atoms with Crippen LogP contribution in [0.1, 0.15) is 20.3 Å². The highest BCUT2D eigenvalue weighted by Gasteiger charge is 2.04. The van der Waals surface area contributed by atoms with Crippen molar-refractivity contribution in [2.75, 3.05) is 12.0 Å². The predicted molar refractivity (Wildman–Crippen MR) is 46.3 cm³/mol. The molecule has 0 bridgehead atoms. The average Bonchev–Trinajstić information content (AvgIpc) is 1.86. The summed E-state index contributed by atoms with van der Waals surface area (Å²) in [6.07, 6.45) is 3.06. The first-order chi connectivity index (χ1) is 4.70. The zero-order valence-corrected chi connectivity index (χ0v) is 7.62. The van der Waals surface area contributed by atoms with Gasteiger partial charge in [-0.1, -0.05) is 6.92 Å². The largest absolute Gasteiger partial charge is 0.353 e. The van der Waals surface area contributed by atoms with Gasteiger partial charge < -0.3 is 5.32 Å². The van der Waals surface area contributed by atoms with E-state index in [0.717, 1.165) is 12.2 Å². The smallest absolute Gasteiger partial charge is 0.217 e. The van der Waals surface area contributed by atoms with Crippen LogP contribution in [0.5, 0.6) is 0 Å². The van der Waals surface area contributed by atoms with E-state index in [4.69, 9.17) is 0 Å². The van der Waals surface area contributed by atoms with E-state index in [1.54, 1.807) is 18.7 Å². The molecule has 0 aromatic carbocycles. The Morgan fingerprint density at radius 1 is 1.70 bits per heavy atom. The average molecular weight is 161 g/mol. The molecule has 0 aromatic rings. The van der Waals surface area contributed by atoms with E-state index in [0.29, 0.717) is 6.04 Å². The van der Waals surface area contributed by atoms with Gasteiger partial charge in [-0.2, -0.15) is 11.8 Å². The van der Waals surface area contributed by atoms with Crippen LogP contribution in [0, 0.1) is 0 Å². The van der Waals surface area contributed by atoms with Crippen molar-refractivity contribution in [2.24, 2.45) is 0 Å². The topological polar surface area (TPSA) is 29.1 Å². The van der Waals surface area contributed by atoms with Crippen LogP contribution in [0.3, 0.4) is 0 Å². The first-order valence-corrected chi connectivity index (χ1v) is 4.86.